The summed E-state index contributed by atoms with van der Waals surface area (Å²) < 4.78 is 7.36. The van der Waals surface area contributed by atoms with E-state index in [0.717, 1.165) is 0 Å². The Kier molecular flexibility index (Phi) is 2.58. The van der Waals surface area contributed by atoms with Crippen molar-refractivity contribution in [2.45, 2.75) is 24.7 Å². The van der Waals surface area contributed by atoms with Gasteiger partial charge in [0.25, 0.3) is 0 Å². The lowest BCUT2D eigenvalue weighted by molar-refractivity contribution is -0.0630. The van der Waals surface area contributed by atoms with Gasteiger partial charge in [-0.2, -0.15) is 5.26 Å². The molecular weight excluding hydrogens is 248 g/mol. The van der Waals surface area contributed by atoms with Crippen molar-refractivity contribution >= 4 is 17.0 Å². The van der Waals surface area contributed by atoms with Crippen molar-refractivity contribution in [2.75, 3.05) is 12.3 Å². The highest BCUT2D eigenvalue weighted by atomic mass is 16.5. The highest BCUT2D eigenvalue weighted by Crippen LogP contribution is 2.37. The number of nitrogens with zero attached hydrogens (tertiary/aromatic N) is 5. The zero-order chi connectivity index (χ0) is 13.5. The number of aliphatic hydroxyl groups is 1. The molecule has 8 nitrogen and oxygen atoms in total. The summed E-state index contributed by atoms with van der Waals surface area (Å²) in [6.07, 6.45) is 3.60. The van der Waals surface area contributed by atoms with E-state index in [0.29, 0.717) is 29.8 Å². The summed E-state index contributed by atoms with van der Waals surface area (Å²) in [7, 11) is 0. The van der Waals surface area contributed by atoms with Gasteiger partial charge in [-0.15, -0.1) is 0 Å². The number of rotatable bonds is 2. The van der Waals surface area contributed by atoms with Crippen LogP contribution in [0.4, 0.5) is 5.82 Å². The molecule has 3 rings (SSSR count). The quantitative estimate of drug-likeness (QED) is 0.777. The molecule has 2 atom stereocenters. The van der Waals surface area contributed by atoms with Gasteiger partial charge in [0.2, 0.25) is 0 Å². The molecule has 19 heavy (non-hydrogen) atoms. The third-order valence-corrected chi connectivity index (χ3v) is 3.31. The van der Waals surface area contributed by atoms with Crippen LogP contribution in [0.1, 0.15) is 19.1 Å². The zero-order valence-corrected chi connectivity index (χ0v) is 10.0. The first-order chi connectivity index (χ1) is 9.19. The second-order valence-corrected chi connectivity index (χ2v) is 4.46. The molecule has 3 heterocycles. The molecule has 2 aromatic heterocycles. The summed E-state index contributed by atoms with van der Waals surface area (Å²) >= 11 is 0. The Bertz CT molecular complexity index is 663. The van der Waals surface area contributed by atoms with Gasteiger partial charge in [0.1, 0.15) is 24.1 Å². The zero-order valence-electron chi connectivity index (χ0n) is 10.0. The number of anilines is 1. The number of nitrogen functional groups attached to an aromatic ring is 1. The van der Waals surface area contributed by atoms with Gasteiger partial charge < -0.3 is 15.6 Å². The standard InChI is InChI=1S/C11H12N6O2/c12-3-11(4-18)2-1-7(19-11)17-6-16-8-9(13)14-5-15-10(8)17/h5-7,18H,1-2,4H2,(H2,13,14,15)/t7-,11-/m1/s1. The second-order valence-electron chi connectivity index (χ2n) is 4.46. The van der Waals surface area contributed by atoms with Crippen LogP contribution in [0, 0.1) is 11.3 Å². The lowest BCUT2D eigenvalue weighted by Crippen LogP contribution is -2.31. The van der Waals surface area contributed by atoms with Crippen molar-refractivity contribution in [2.24, 2.45) is 0 Å². The van der Waals surface area contributed by atoms with Crippen LogP contribution < -0.4 is 5.73 Å². The molecule has 8 heteroatoms. The molecule has 1 saturated heterocycles. The minimum Gasteiger partial charge on any atom is -0.392 e. The molecule has 3 N–H and O–H groups in total. The Morgan fingerprint density at radius 2 is 2.42 bits per heavy atom. The molecule has 0 spiro atoms. The SMILES string of the molecule is N#C[C@@]1(CO)CC[C@H](n2cnc3c(N)ncnc32)O1. The largest absolute Gasteiger partial charge is 0.392 e. The van der Waals surface area contributed by atoms with Gasteiger partial charge in [0, 0.05) is 0 Å². The molecule has 1 aliphatic rings. The smallest absolute Gasteiger partial charge is 0.179 e. The van der Waals surface area contributed by atoms with E-state index in [1.807, 2.05) is 6.07 Å². The maximum Gasteiger partial charge on any atom is 0.179 e. The summed E-state index contributed by atoms with van der Waals surface area (Å²) in [5.74, 6) is 0.301. The number of hydrogen-bond acceptors (Lipinski definition) is 7. The number of hydrogen-bond donors (Lipinski definition) is 2. The topological polar surface area (TPSA) is 123 Å². The first kappa shape index (κ1) is 11.8. The van der Waals surface area contributed by atoms with Gasteiger partial charge in [-0.25, -0.2) is 15.0 Å². The molecule has 98 valence electrons. The number of nitrogens with two attached hydrogens (primary N) is 1. The number of ether oxygens (including phenoxy) is 1. The van der Waals surface area contributed by atoms with Crippen molar-refractivity contribution in [3.63, 3.8) is 0 Å². The van der Waals surface area contributed by atoms with Crippen molar-refractivity contribution in [1.82, 2.24) is 19.5 Å². The van der Waals surface area contributed by atoms with E-state index in [-0.39, 0.29) is 12.8 Å². The fourth-order valence-corrected chi connectivity index (χ4v) is 2.25. The summed E-state index contributed by atoms with van der Waals surface area (Å²) in [5.41, 5.74) is 5.64. The number of fused-ring (bicyclic) bond motifs is 1. The maximum atomic E-state index is 9.27. The van der Waals surface area contributed by atoms with E-state index in [1.165, 1.54) is 6.33 Å². The molecule has 0 radical (unpaired) electrons. The molecule has 0 amide bonds. The van der Waals surface area contributed by atoms with E-state index in [1.54, 1.807) is 10.9 Å². The van der Waals surface area contributed by atoms with Crippen LogP contribution in [0.25, 0.3) is 11.2 Å². The Morgan fingerprint density at radius 3 is 3.11 bits per heavy atom. The predicted molar refractivity (Wildman–Crippen MR) is 64.5 cm³/mol. The van der Waals surface area contributed by atoms with Gasteiger partial charge in [0.05, 0.1) is 12.9 Å². The minimum absolute atomic E-state index is 0.301. The molecule has 0 aromatic carbocycles. The number of aliphatic hydroxyl groups excluding tert-OH is 1. The number of imidazole rings is 1. The third-order valence-electron chi connectivity index (χ3n) is 3.31. The first-order valence-corrected chi connectivity index (χ1v) is 5.82. The maximum absolute atomic E-state index is 9.27. The first-order valence-electron chi connectivity index (χ1n) is 5.82. The van der Waals surface area contributed by atoms with E-state index in [4.69, 9.17) is 15.7 Å². The van der Waals surface area contributed by atoms with Gasteiger partial charge in [-0.3, -0.25) is 4.57 Å². The van der Waals surface area contributed by atoms with Crippen LogP contribution in [0.5, 0.6) is 0 Å². The number of nitriles is 1. The van der Waals surface area contributed by atoms with Gasteiger partial charge >= 0.3 is 0 Å². The summed E-state index contributed by atoms with van der Waals surface area (Å²) in [5, 5.41) is 18.4. The summed E-state index contributed by atoms with van der Waals surface area (Å²) in [6, 6.07) is 2.02. The average molecular weight is 260 g/mol. The van der Waals surface area contributed by atoms with E-state index in [2.05, 4.69) is 15.0 Å². The van der Waals surface area contributed by atoms with Crippen molar-refractivity contribution in [1.29, 1.82) is 5.26 Å². The van der Waals surface area contributed by atoms with Crippen LogP contribution in [-0.4, -0.2) is 36.8 Å². The fourth-order valence-electron chi connectivity index (χ4n) is 2.25. The van der Waals surface area contributed by atoms with Crippen LogP contribution in [0.15, 0.2) is 12.7 Å². The van der Waals surface area contributed by atoms with Crippen LogP contribution in [0.3, 0.4) is 0 Å². The van der Waals surface area contributed by atoms with Gasteiger partial charge in [0.15, 0.2) is 17.1 Å². The lowest BCUT2D eigenvalue weighted by Gasteiger charge is -2.19. The van der Waals surface area contributed by atoms with Crippen LogP contribution >= 0.6 is 0 Å². The Hall–Kier alpha value is -2.24. The molecule has 1 aliphatic heterocycles. The molecule has 1 fully saturated rings. The fraction of sp³-hybridized carbons (Fsp3) is 0.455. The van der Waals surface area contributed by atoms with Crippen molar-refractivity contribution in [3.05, 3.63) is 12.7 Å². The van der Waals surface area contributed by atoms with Gasteiger partial charge in [-0.05, 0) is 12.8 Å². The molecular formula is C11H12N6O2. The third kappa shape index (κ3) is 1.71. The van der Waals surface area contributed by atoms with Crippen LogP contribution in [-0.2, 0) is 4.74 Å². The lowest BCUT2D eigenvalue weighted by atomic mass is 10.0. The minimum atomic E-state index is -1.14. The molecule has 0 aliphatic carbocycles. The Morgan fingerprint density at radius 1 is 1.58 bits per heavy atom. The summed E-state index contributed by atoms with van der Waals surface area (Å²) in [6.45, 7) is -0.330. The van der Waals surface area contributed by atoms with Crippen molar-refractivity contribution in [3.8, 4) is 6.07 Å². The number of aromatic nitrogens is 4. The predicted octanol–water partition coefficient (Wildman–Crippen LogP) is -0.0278. The monoisotopic (exact) mass is 260 g/mol. The Balaban J connectivity index is 1.99. The van der Waals surface area contributed by atoms with E-state index in [9.17, 15) is 5.11 Å². The normalized spacial score (nSPS) is 26.6. The highest BCUT2D eigenvalue weighted by molar-refractivity contribution is 5.81. The molecule has 0 unspecified atom stereocenters. The molecule has 2 aromatic rings. The Labute approximate surface area is 108 Å². The second kappa shape index (κ2) is 4.15. The average Bonchev–Trinajstić information content (AvgIpc) is 3.03. The molecule has 0 bridgehead atoms. The van der Waals surface area contributed by atoms with Gasteiger partial charge in [-0.1, -0.05) is 0 Å². The highest BCUT2D eigenvalue weighted by Gasteiger charge is 2.41. The van der Waals surface area contributed by atoms with Crippen LogP contribution in [0.2, 0.25) is 0 Å². The van der Waals surface area contributed by atoms with E-state index < -0.39 is 5.60 Å². The van der Waals surface area contributed by atoms with E-state index >= 15 is 0 Å². The molecule has 0 saturated carbocycles. The van der Waals surface area contributed by atoms with Crippen molar-refractivity contribution < 1.29 is 9.84 Å². The summed E-state index contributed by atoms with van der Waals surface area (Å²) in [4.78, 5) is 12.1.